The lowest BCUT2D eigenvalue weighted by Gasteiger charge is -2.17. The second kappa shape index (κ2) is 6.38. The van der Waals surface area contributed by atoms with E-state index < -0.39 is 0 Å². The number of amides is 1. The highest BCUT2D eigenvalue weighted by atomic mass is 16.3. The van der Waals surface area contributed by atoms with Gasteiger partial charge in [0.1, 0.15) is 5.52 Å². The number of nitrogens with one attached hydrogen (secondary N) is 2. The lowest BCUT2D eigenvalue weighted by molar-refractivity contribution is 0.0950. The number of nitrogens with zero attached hydrogens (tertiary/aromatic N) is 4. The molecular weight excluding hydrogens is 308 g/mol. The summed E-state index contributed by atoms with van der Waals surface area (Å²) in [7, 11) is 0. The molecule has 0 atom stereocenters. The Morgan fingerprint density at radius 1 is 1.29 bits per heavy atom. The molecule has 1 aliphatic rings. The zero-order chi connectivity index (χ0) is 16.4. The molecule has 3 aromatic rings. The molecule has 1 aromatic carbocycles. The first-order valence-corrected chi connectivity index (χ1v) is 8.20. The lowest BCUT2D eigenvalue weighted by Crippen LogP contribution is -2.23. The standard InChI is InChI=1S/C16H18N6O2/c23-15(17-9-14-19-21-22-20-14)11-6-7-12-13(8-11)24-16(18-12)10-4-2-1-3-5-10/h6-8,10H,1-5,9H2,(H,17,23)(H,19,20,21,22). The zero-order valence-electron chi connectivity index (χ0n) is 13.2. The van der Waals surface area contributed by atoms with Crippen LogP contribution in [0.25, 0.3) is 11.1 Å². The SMILES string of the molecule is O=C(NCc1nn[nH]n1)c1ccc2nc(C3CCCCC3)oc2c1. The molecule has 1 aliphatic carbocycles. The Labute approximate surface area is 138 Å². The number of benzene rings is 1. The minimum atomic E-state index is -0.211. The third-order valence-electron chi connectivity index (χ3n) is 4.42. The predicted molar refractivity (Wildman–Crippen MR) is 85.2 cm³/mol. The highest BCUT2D eigenvalue weighted by Gasteiger charge is 2.21. The molecule has 24 heavy (non-hydrogen) atoms. The predicted octanol–water partition coefficient (Wildman–Crippen LogP) is 2.32. The van der Waals surface area contributed by atoms with Crippen molar-refractivity contribution in [3.8, 4) is 0 Å². The van der Waals surface area contributed by atoms with Crippen molar-refractivity contribution in [3.05, 3.63) is 35.5 Å². The van der Waals surface area contributed by atoms with E-state index in [0.29, 0.717) is 22.9 Å². The van der Waals surface area contributed by atoms with E-state index in [4.69, 9.17) is 4.42 Å². The van der Waals surface area contributed by atoms with Gasteiger partial charge in [0.25, 0.3) is 5.91 Å². The summed E-state index contributed by atoms with van der Waals surface area (Å²) >= 11 is 0. The number of rotatable bonds is 4. The summed E-state index contributed by atoms with van der Waals surface area (Å²) in [5.41, 5.74) is 1.98. The largest absolute Gasteiger partial charge is 0.440 e. The molecule has 4 rings (SSSR count). The fraction of sp³-hybridized carbons (Fsp3) is 0.438. The van der Waals surface area contributed by atoms with Crippen molar-refractivity contribution >= 4 is 17.0 Å². The Balaban J connectivity index is 1.50. The smallest absolute Gasteiger partial charge is 0.251 e. The Kier molecular flexibility index (Phi) is 3.94. The van der Waals surface area contributed by atoms with Crippen molar-refractivity contribution < 1.29 is 9.21 Å². The monoisotopic (exact) mass is 326 g/mol. The molecule has 8 heteroatoms. The first-order valence-electron chi connectivity index (χ1n) is 8.20. The van der Waals surface area contributed by atoms with E-state index in [-0.39, 0.29) is 12.5 Å². The fourth-order valence-electron chi connectivity index (χ4n) is 3.13. The van der Waals surface area contributed by atoms with E-state index in [9.17, 15) is 4.79 Å². The van der Waals surface area contributed by atoms with E-state index in [1.54, 1.807) is 12.1 Å². The van der Waals surface area contributed by atoms with E-state index in [0.717, 1.165) is 24.2 Å². The van der Waals surface area contributed by atoms with Crippen molar-refractivity contribution in [1.29, 1.82) is 0 Å². The highest BCUT2D eigenvalue weighted by Crippen LogP contribution is 2.33. The number of carbonyl (C=O) groups is 1. The number of carbonyl (C=O) groups excluding carboxylic acids is 1. The van der Waals surface area contributed by atoms with Crippen molar-refractivity contribution in [2.45, 2.75) is 44.6 Å². The van der Waals surface area contributed by atoms with Gasteiger partial charge in [-0.1, -0.05) is 24.5 Å². The molecule has 2 N–H and O–H groups in total. The maximum Gasteiger partial charge on any atom is 0.251 e. The summed E-state index contributed by atoms with van der Waals surface area (Å²) in [6.45, 7) is 0.219. The van der Waals surface area contributed by atoms with Crippen molar-refractivity contribution in [2.24, 2.45) is 0 Å². The summed E-state index contributed by atoms with van der Waals surface area (Å²) in [5, 5.41) is 16.1. The molecule has 2 heterocycles. The van der Waals surface area contributed by atoms with Gasteiger partial charge in [-0.15, -0.1) is 10.2 Å². The Morgan fingerprint density at radius 3 is 2.96 bits per heavy atom. The van der Waals surface area contributed by atoms with E-state index in [1.807, 2.05) is 6.07 Å². The zero-order valence-corrected chi connectivity index (χ0v) is 13.2. The van der Waals surface area contributed by atoms with Gasteiger partial charge >= 0.3 is 0 Å². The van der Waals surface area contributed by atoms with Gasteiger partial charge in [0.05, 0.1) is 6.54 Å². The number of hydrogen-bond acceptors (Lipinski definition) is 6. The minimum Gasteiger partial charge on any atom is -0.440 e. The van der Waals surface area contributed by atoms with Gasteiger partial charge in [-0.25, -0.2) is 4.98 Å². The van der Waals surface area contributed by atoms with Gasteiger partial charge in [0, 0.05) is 11.5 Å². The molecule has 124 valence electrons. The molecule has 0 bridgehead atoms. The molecule has 1 amide bonds. The van der Waals surface area contributed by atoms with Gasteiger partial charge < -0.3 is 9.73 Å². The summed E-state index contributed by atoms with van der Waals surface area (Å²) < 4.78 is 5.92. The lowest BCUT2D eigenvalue weighted by atomic mass is 9.89. The molecule has 0 unspecified atom stereocenters. The van der Waals surface area contributed by atoms with Crippen LogP contribution in [-0.4, -0.2) is 31.5 Å². The molecule has 0 aliphatic heterocycles. The van der Waals surface area contributed by atoms with Crippen LogP contribution < -0.4 is 5.32 Å². The third kappa shape index (κ3) is 2.99. The number of fused-ring (bicyclic) bond motifs is 1. The molecule has 0 radical (unpaired) electrons. The number of oxazole rings is 1. The summed E-state index contributed by atoms with van der Waals surface area (Å²) in [6, 6.07) is 5.32. The molecular formula is C16H18N6O2. The van der Waals surface area contributed by atoms with Gasteiger partial charge in [-0.2, -0.15) is 5.21 Å². The van der Waals surface area contributed by atoms with Crippen LogP contribution in [-0.2, 0) is 6.54 Å². The van der Waals surface area contributed by atoms with Crippen LogP contribution in [0.2, 0.25) is 0 Å². The summed E-state index contributed by atoms with van der Waals surface area (Å²) in [6.07, 6.45) is 6.01. The van der Waals surface area contributed by atoms with Crippen LogP contribution in [0.5, 0.6) is 0 Å². The maximum absolute atomic E-state index is 12.2. The molecule has 1 fully saturated rings. The average molecular weight is 326 g/mol. The van der Waals surface area contributed by atoms with Crippen molar-refractivity contribution in [3.63, 3.8) is 0 Å². The molecule has 8 nitrogen and oxygen atoms in total. The average Bonchev–Trinajstić information content (AvgIpc) is 3.29. The van der Waals surface area contributed by atoms with Gasteiger partial charge in [0.2, 0.25) is 0 Å². The second-order valence-electron chi connectivity index (χ2n) is 6.08. The number of tetrazole rings is 1. The van der Waals surface area contributed by atoms with Gasteiger partial charge in [0.15, 0.2) is 17.3 Å². The number of H-pyrrole nitrogens is 1. The quantitative estimate of drug-likeness (QED) is 0.761. The molecule has 0 saturated heterocycles. The third-order valence-corrected chi connectivity index (χ3v) is 4.42. The fourth-order valence-corrected chi connectivity index (χ4v) is 3.13. The number of hydrogen-bond donors (Lipinski definition) is 2. The summed E-state index contributed by atoms with van der Waals surface area (Å²) in [4.78, 5) is 16.8. The van der Waals surface area contributed by atoms with Gasteiger partial charge in [-0.3, -0.25) is 4.79 Å². The van der Waals surface area contributed by atoms with Crippen LogP contribution in [0.1, 0.15) is 60.1 Å². The Hall–Kier alpha value is -2.77. The van der Waals surface area contributed by atoms with Crippen LogP contribution in [0, 0.1) is 0 Å². The highest BCUT2D eigenvalue weighted by molar-refractivity contribution is 5.96. The number of aromatic amines is 1. The number of aromatic nitrogens is 5. The molecule has 2 aromatic heterocycles. The van der Waals surface area contributed by atoms with Gasteiger partial charge in [-0.05, 0) is 31.0 Å². The van der Waals surface area contributed by atoms with E-state index in [1.165, 1.54) is 19.3 Å². The van der Waals surface area contributed by atoms with Crippen LogP contribution >= 0.6 is 0 Å². The van der Waals surface area contributed by atoms with Crippen LogP contribution in [0.3, 0.4) is 0 Å². The minimum absolute atomic E-state index is 0.211. The first kappa shape index (κ1) is 14.8. The van der Waals surface area contributed by atoms with Crippen molar-refractivity contribution in [2.75, 3.05) is 0 Å². The second-order valence-corrected chi connectivity index (χ2v) is 6.08. The topological polar surface area (TPSA) is 110 Å². The summed E-state index contributed by atoms with van der Waals surface area (Å²) in [5.74, 6) is 1.43. The first-order chi connectivity index (χ1) is 11.8. The van der Waals surface area contributed by atoms with Crippen molar-refractivity contribution in [1.82, 2.24) is 30.9 Å². The van der Waals surface area contributed by atoms with Crippen LogP contribution in [0.4, 0.5) is 0 Å². The van der Waals surface area contributed by atoms with Crippen LogP contribution in [0.15, 0.2) is 22.6 Å². The Bertz CT molecular complexity index is 836. The molecule has 1 saturated carbocycles. The molecule has 0 spiro atoms. The maximum atomic E-state index is 12.2. The van der Waals surface area contributed by atoms with E-state index in [2.05, 4.69) is 30.9 Å². The normalized spacial score (nSPS) is 15.7. The Morgan fingerprint density at radius 2 is 2.17 bits per heavy atom. The van der Waals surface area contributed by atoms with E-state index >= 15 is 0 Å².